The first kappa shape index (κ1) is 20.7. The van der Waals surface area contributed by atoms with Gasteiger partial charge in [-0.2, -0.15) is 0 Å². The summed E-state index contributed by atoms with van der Waals surface area (Å²) in [6.45, 7) is 3.73. The highest BCUT2D eigenvalue weighted by atomic mass is 35.5. The van der Waals surface area contributed by atoms with Crippen molar-refractivity contribution < 1.29 is 13.2 Å². The fraction of sp³-hybridized carbons (Fsp3) is 0.316. The van der Waals surface area contributed by atoms with Crippen LogP contribution >= 0.6 is 23.2 Å². The minimum absolute atomic E-state index is 0.0840. The van der Waals surface area contributed by atoms with Gasteiger partial charge >= 0.3 is 0 Å². The Hall–Kier alpha value is -1.56. The minimum atomic E-state index is -3.70. The maximum Gasteiger partial charge on any atom is 0.238 e. The van der Waals surface area contributed by atoms with Gasteiger partial charge < -0.3 is 5.32 Å². The normalized spacial score (nSPS) is 13.8. The van der Waals surface area contributed by atoms with Crippen molar-refractivity contribution in [2.75, 3.05) is 6.54 Å². The van der Waals surface area contributed by atoms with Crippen LogP contribution in [-0.4, -0.2) is 26.1 Å². The molecule has 0 spiro atoms. The highest BCUT2D eigenvalue weighted by Crippen LogP contribution is 2.24. The van der Waals surface area contributed by atoms with Gasteiger partial charge in [0.05, 0.1) is 5.75 Å². The summed E-state index contributed by atoms with van der Waals surface area (Å²) in [5.41, 5.74) is 1.50. The molecule has 0 aliphatic heterocycles. The molecule has 26 heavy (non-hydrogen) atoms. The molecule has 2 rings (SSSR count). The van der Waals surface area contributed by atoms with E-state index in [-0.39, 0.29) is 16.7 Å². The summed E-state index contributed by atoms with van der Waals surface area (Å²) < 4.78 is 25.1. The molecule has 2 unspecified atom stereocenters. The fourth-order valence-electron chi connectivity index (χ4n) is 2.44. The maximum absolute atomic E-state index is 12.5. The quantitative estimate of drug-likeness (QED) is 0.738. The summed E-state index contributed by atoms with van der Waals surface area (Å²) in [6.07, 6.45) is 0. The van der Waals surface area contributed by atoms with E-state index in [0.717, 1.165) is 5.56 Å². The molecule has 0 fully saturated rings. The number of benzene rings is 2. The van der Waals surface area contributed by atoms with Crippen LogP contribution in [0, 0.1) is 0 Å². The third-order valence-corrected chi connectivity index (χ3v) is 6.82. The van der Waals surface area contributed by atoms with Crippen LogP contribution in [0.1, 0.15) is 30.9 Å². The Balaban J connectivity index is 1.99. The Bertz CT molecular complexity index is 870. The third-order valence-electron chi connectivity index (χ3n) is 4.23. The van der Waals surface area contributed by atoms with Gasteiger partial charge in [-0.1, -0.05) is 66.5 Å². The summed E-state index contributed by atoms with van der Waals surface area (Å²) in [5.74, 6) is -0.745. The van der Waals surface area contributed by atoms with Gasteiger partial charge in [-0.3, -0.25) is 4.79 Å². The first-order valence-electron chi connectivity index (χ1n) is 8.19. The zero-order chi connectivity index (χ0) is 19.3. The molecule has 2 atom stereocenters. The summed E-state index contributed by atoms with van der Waals surface area (Å²) in [5, 5.41) is 2.25. The molecule has 1 amide bonds. The van der Waals surface area contributed by atoms with E-state index in [1.807, 2.05) is 37.3 Å². The first-order valence-corrected chi connectivity index (χ1v) is 10.7. The van der Waals surface area contributed by atoms with E-state index in [1.54, 1.807) is 12.1 Å². The van der Waals surface area contributed by atoms with Gasteiger partial charge in [-0.05, 0) is 36.1 Å². The number of hydrogen-bond donors (Lipinski definition) is 1. The highest BCUT2D eigenvalue weighted by Gasteiger charge is 2.29. The lowest BCUT2D eigenvalue weighted by Gasteiger charge is -2.17. The van der Waals surface area contributed by atoms with Crippen LogP contribution in [0.25, 0.3) is 0 Å². The van der Waals surface area contributed by atoms with Crippen molar-refractivity contribution in [3.8, 4) is 0 Å². The molecule has 0 saturated heterocycles. The molecule has 0 bridgehead atoms. The standard InChI is InChI=1S/C19H21Cl2NO3S/c1-13(15-6-4-3-5-7-15)11-22-19(23)14(2)26(24,25)12-16-8-9-17(20)10-18(16)21/h3-10,13-14H,11-12H2,1-2H3,(H,22,23). The van der Waals surface area contributed by atoms with Gasteiger partial charge in [-0.25, -0.2) is 8.42 Å². The molecule has 140 valence electrons. The van der Waals surface area contributed by atoms with Crippen molar-refractivity contribution in [1.29, 1.82) is 0 Å². The number of carbonyl (C=O) groups excluding carboxylic acids is 1. The molecule has 0 aliphatic carbocycles. The molecule has 0 saturated carbocycles. The van der Waals surface area contributed by atoms with Crippen LogP contribution in [0.15, 0.2) is 48.5 Å². The Morgan fingerprint density at radius 3 is 2.35 bits per heavy atom. The van der Waals surface area contributed by atoms with Crippen molar-refractivity contribution in [3.05, 3.63) is 69.7 Å². The second-order valence-corrected chi connectivity index (χ2v) is 9.41. The predicted molar refractivity (Wildman–Crippen MR) is 106 cm³/mol. The molecule has 0 aromatic heterocycles. The zero-order valence-electron chi connectivity index (χ0n) is 14.6. The second kappa shape index (κ2) is 8.89. The number of amides is 1. The van der Waals surface area contributed by atoms with Gasteiger partial charge in [0.15, 0.2) is 9.84 Å². The van der Waals surface area contributed by atoms with E-state index in [9.17, 15) is 13.2 Å². The van der Waals surface area contributed by atoms with E-state index in [1.165, 1.54) is 13.0 Å². The summed E-state index contributed by atoms with van der Waals surface area (Å²) in [7, 11) is -3.70. The molecule has 4 nitrogen and oxygen atoms in total. The van der Waals surface area contributed by atoms with Crippen molar-refractivity contribution in [1.82, 2.24) is 5.32 Å². The molecule has 0 aliphatic rings. The maximum atomic E-state index is 12.5. The SMILES string of the molecule is CC(CNC(=O)C(C)S(=O)(=O)Cc1ccc(Cl)cc1Cl)c1ccccc1. The fourth-order valence-corrected chi connectivity index (χ4v) is 4.34. The Labute approximate surface area is 164 Å². The number of carbonyl (C=O) groups is 1. The molecule has 7 heteroatoms. The van der Waals surface area contributed by atoms with Crippen molar-refractivity contribution >= 4 is 38.9 Å². The van der Waals surface area contributed by atoms with Crippen LogP contribution in [0.2, 0.25) is 10.0 Å². The number of sulfone groups is 1. The Morgan fingerprint density at radius 1 is 1.08 bits per heavy atom. The zero-order valence-corrected chi connectivity index (χ0v) is 16.9. The molecule has 2 aromatic carbocycles. The summed E-state index contributed by atoms with van der Waals surface area (Å²) in [4.78, 5) is 12.3. The van der Waals surface area contributed by atoms with Gasteiger partial charge in [0, 0.05) is 16.6 Å². The van der Waals surface area contributed by atoms with Crippen LogP contribution < -0.4 is 5.32 Å². The molecular weight excluding hydrogens is 393 g/mol. The topological polar surface area (TPSA) is 63.2 Å². The number of rotatable bonds is 7. The average molecular weight is 414 g/mol. The van der Waals surface area contributed by atoms with Gasteiger partial charge in [0.2, 0.25) is 5.91 Å². The number of hydrogen-bond acceptors (Lipinski definition) is 3. The lowest BCUT2D eigenvalue weighted by atomic mass is 10.0. The van der Waals surface area contributed by atoms with Gasteiger partial charge in [-0.15, -0.1) is 0 Å². The second-order valence-electron chi connectivity index (χ2n) is 6.24. The molecule has 0 radical (unpaired) electrons. The van der Waals surface area contributed by atoms with Crippen molar-refractivity contribution in [2.45, 2.75) is 30.8 Å². The third kappa shape index (κ3) is 5.47. The van der Waals surface area contributed by atoms with Crippen LogP contribution in [0.3, 0.4) is 0 Å². The summed E-state index contributed by atoms with van der Waals surface area (Å²) >= 11 is 11.9. The molecule has 2 aromatic rings. The monoisotopic (exact) mass is 413 g/mol. The van der Waals surface area contributed by atoms with Crippen molar-refractivity contribution in [3.63, 3.8) is 0 Å². The van der Waals surface area contributed by atoms with E-state index in [2.05, 4.69) is 5.32 Å². The van der Waals surface area contributed by atoms with Crippen LogP contribution in [-0.2, 0) is 20.4 Å². The first-order chi connectivity index (χ1) is 12.2. The van der Waals surface area contributed by atoms with E-state index in [4.69, 9.17) is 23.2 Å². The number of nitrogens with one attached hydrogen (secondary N) is 1. The lowest BCUT2D eigenvalue weighted by molar-refractivity contribution is -0.120. The Kier molecular flexibility index (Phi) is 7.09. The summed E-state index contributed by atoms with van der Waals surface area (Å²) in [6, 6.07) is 14.3. The van der Waals surface area contributed by atoms with Crippen molar-refractivity contribution in [2.24, 2.45) is 0 Å². The largest absolute Gasteiger partial charge is 0.354 e. The highest BCUT2D eigenvalue weighted by molar-refractivity contribution is 7.92. The van der Waals surface area contributed by atoms with E-state index >= 15 is 0 Å². The lowest BCUT2D eigenvalue weighted by Crippen LogP contribution is -2.39. The smallest absolute Gasteiger partial charge is 0.238 e. The molecular formula is C19H21Cl2NO3S. The molecule has 0 heterocycles. The van der Waals surface area contributed by atoms with Gasteiger partial charge in [0.25, 0.3) is 0 Å². The average Bonchev–Trinajstić information content (AvgIpc) is 2.61. The van der Waals surface area contributed by atoms with E-state index < -0.39 is 21.0 Å². The Morgan fingerprint density at radius 2 is 1.73 bits per heavy atom. The number of halogens is 2. The van der Waals surface area contributed by atoms with Crippen LogP contribution in [0.4, 0.5) is 0 Å². The van der Waals surface area contributed by atoms with Crippen LogP contribution in [0.5, 0.6) is 0 Å². The van der Waals surface area contributed by atoms with E-state index in [0.29, 0.717) is 17.1 Å². The molecule has 1 N–H and O–H groups in total. The minimum Gasteiger partial charge on any atom is -0.354 e. The predicted octanol–water partition coefficient (Wildman–Crippen LogP) is 4.22. The van der Waals surface area contributed by atoms with Gasteiger partial charge in [0.1, 0.15) is 5.25 Å².